The van der Waals surface area contributed by atoms with Crippen molar-refractivity contribution < 1.29 is 22.3 Å². The van der Waals surface area contributed by atoms with E-state index in [9.17, 15) is 13.2 Å². The minimum Gasteiger partial charge on any atom is -0.465 e. The molecule has 108 valence electrons. The Balaban J connectivity index is 1.88. The molecular formula is C14H14F3NO2. The Morgan fingerprint density at radius 1 is 1.15 bits per heavy atom. The molecule has 0 saturated carbocycles. The van der Waals surface area contributed by atoms with E-state index in [1.165, 1.54) is 18.2 Å². The highest BCUT2D eigenvalue weighted by Gasteiger charge is 2.31. The van der Waals surface area contributed by atoms with Gasteiger partial charge in [0, 0.05) is 6.54 Å². The van der Waals surface area contributed by atoms with Gasteiger partial charge >= 0.3 is 6.36 Å². The number of furan rings is 1. The highest BCUT2D eigenvalue weighted by Crippen LogP contribution is 2.23. The van der Waals surface area contributed by atoms with E-state index in [1.54, 1.807) is 6.07 Å². The third-order valence-corrected chi connectivity index (χ3v) is 2.56. The van der Waals surface area contributed by atoms with Gasteiger partial charge in [-0.1, -0.05) is 12.1 Å². The summed E-state index contributed by atoms with van der Waals surface area (Å²) in [6.07, 6.45) is -4.67. The van der Waals surface area contributed by atoms with E-state index in [0.29, 0.717) is 18.7 Å². The number of rotatable bonds is 5. The summed E-state index contributed by atoms with van der Waals surface area (Å²) >= 11 is 0. The molecule has 6 heteroatoms. The fraction of sp³-hybridized carbons (Fsp3) is 0.286. The molecule has 0 fully saturated rings. The molecule has 0 aliphatic heterocycles. The van der Waals surface area contributed by atoms with Gasteiger partial charge in [0.2, 0.25) is 0 Å². The SMILES string of the molecule is Cc1ccc(CNCc2cccc(OC(F)(F)F)c2)o1. The van der Waals surface area contributed by atoms with Crippen LogP contribution in [0.5, 0.6) is 5.75 Å². The van der Waals surface area contributed by atoms with Gasteiger partial charge in [-0.25, -0.2) is 0 Å². The molecule has 0 spiro atoms. The molecule has 1 N–H and O–H groups in total. The zero-order chi connectivity index (χ0) is 14.6. The Kier molecular flexibility index (Phi) is 4.34. The van der Waals surface area contributed by atoms with Gasteiger partial charge in [0.25, 0.3) is 0 Å². The summed E-state index contributed by atoms with van der Waals surface area (Å²) in [5.74, 6) is 1.39. The number of ether oxygens (including phenoxy) is 1. The first-order chi connectivity index (χ1) is 9.42. The van der Waals surface area contributed by atoms with Crippen molar-refractivity contribution in [1.82, 2.24) is 5.32 Å². The monoisotopic (exact) mass is 285 g/mol. The number of hydrogen-bond acceptors (Lipinski definition) is 3. The minimum atomic E-state index is -4.67. The number of aryl methyl sites for hydroxylation is 1. The Labute approximate surface area is 114 Å². The summed E-state index contributed by atoms with van der Waals surface area (Å²) in [4.78, 5) is 0. The van der Waals surface area contributed by atoms with Gasteiger partial charge in [0.05, 0.1) is 6.54 Å². The second-order valence-electron chi connectivity index (χ2n) is 4.31. The van der Waals surface area contributed by atoms with Crippen LogP contribution in [0.15, 0.2) is 40.8 Å². The molecule has 0 radical (unpaired) electrons. The van der Waals surface area contributed by atoms with Crippen LogP contribution in [0.25, 0.3) is 0 Å². The van der Waals surface area contributed by atoms with Crippen LogP contribution in [0.3, 0.4) is 0 Å². The quantitative estimate of drug-likeness (QED) is 0.908. The lowest BCUT2D eigenvalue weighted by atomic mass is 10.2. The van der Waals surface area contributed by atoms with Crippen molar-refractivity contribution >= 4 is 0 Å². The van der Waals surface area contributed by atoms with Gasteiger partial charge in [-0.05, 0) is 36.8 Å². The maximum absolute atomic E-state index is 12.1. The van der Waals surface area contributed by atoms with Crippen molar-refractivity contribution in [3.63, 3.8) is 0 Å². The number of alkyl halides is 3. The molecule has 0 aliphatic carbocycles. The maximum Gasteiger partial charge on any atom is 0.573 e. The van der Waals surface area contributed by atoms with Crippen LogP contribution < -0.4 is 10.1 Å². The Morgan fingerprint density at radius 2 is 1.95 bits per heavy atom. The van der Waals surface area contributed by atoms with Crippen molar-refractivity contribution in [1.29, 1.82) is 0 Å². The fourth-order valence-corrected chi connectivity index (χ4v) is 1.76. The molecule has 0 saturated heterocycles. The van der Waals surface area contributed by atoms with Crippen molar-refractivity contribution in [2.24, 2.45) is 0 Å². The Bertz CT molecular complexity index is 564. The predicted molar refractivity (Wildman–Crippen MR) is 67.1 cm³/mol. The summed E-state index contributed by atoms with van der Waals surface area (Å²) < 4.78 is 45.5. The molecule has 2 rings (SSSR count). The molecule has 0 bridgehead atoms. The van der Waals surface area contributed by atoms with E-state index in [4.69, 9.17) is 4.42 Å². The number of nitrogens with one attached hydrogen (secondary N) is 1. The van der Waals surface area contributed by atoms with Gasteiger partial charge in [-0.2, -0.15) is 0 Å². The lowest BCUT2D eigenvalue weighted by molar-refractivity contribution is -0.274. The molecule has 0 aliphatic rings. The predicted octanol–water partition coefficient (Wildman–Crippen LogP) is 3.78. The molecule has 0 atom stereocenters. The van der Waals surface area contributed by atoms with E-state index in [1.807, 2.05) is 19.1 Å². The average Bonchev–Trinajstić information content (AvgIpc) is 2.73. The standard InChI is InChI=1S/C14H14F3NO2/c1-10-5-6-13(19-10)9-18-8-11-3-2-4-12(7-11)20-14(15,16)17/h2-7,18H,8-9H2,1H3. The summed E-state index contributed by atoms with van der Waals surface area (Å²) in [5, 5.41) is 3.09. The van der Waals surface area contributed by atoms with E-state index in [0.717, 1.165) is 11.5 Å². The number of hydrogen-bond donors (Lipinski definition) is 1. The second kappa shape index (κ2) is 6.00. The largest absolute Gasteiger partial charge is 0.573 e. The van der Waals surface area contributed by atoms with Gasteiger partial charge in [0.15, 0.2) is 0 Å². The number of halogens is 3. The molecule has 0 amide bonds. The average molecular weight is 285 g/mol. The first-order valence-electron chi connectivity index (χ1n) is 6.03. The van der Waals surface area contributed by atoms with Crippen molar-refractivity contribution in [3.8, 4) is 5.75 Å². The highest BCUT2D eigenvalue weighted by molar-refractivity contribution is 5.28. The molecule has 1 heterocycles. The van der Waals surface area contributed by atoms with E-state index in [-0.39, 0.29) is 5.75 Å². The molecular weight excluding hydrogens is 271 g/mol. The Morgan fingerprint density at radius 3 is 2.60 bits per heavy atom. The molecule has 0 unspecified atom stereocenters. The lowest BCUT2D eigenvalue weighted by Gasteiger charge is -2.10. The second-order valence-corrected chi connectivity index (χ2v) is 4.31. The molecule has 20 heavy (non-hydrogen) atoms. The zero-order valence-electron chi connectivity index (χ0n) is 10.8. The molecule has 2 aromatic rings. The van der Waals surface area contributed by atoms with Gasteiger partial charge in [-0.3, -0.25) is 0 Å². The summed E-state index contributed by atoms with van der Waals surface area (Å²) in [6, 6.07) is 9.58. The number of benzene rings is 1. The zero-order valence-corrected chi connectivity index (χ0v) is 10.8. The lowest BCUT2D eigenvalue weighted by Crippen LogP contribution is -2.17. The summed E-state index contributed by atoms with van der Waals surface area (Å²) in [5.41, 5.74) is 0.704. The van der Waals surface area contributed by atoms with Crippen molar-refractivity contribution in [2.45, 2.75) is 26.4 Å². The van der Waals surface area contributed by atoms with Crippen LogP contribution in [0.1, 0.15) is 17.1 Å². The normalized spacial score (nSPS) is 11.6. The van der Waals surface area contributed by atoms with Crippen LogP contribution in [0, 0.1) is 6.92 Å². The molecule has 1 aromatic heterocycles. The smallest absolute Gasteiger partial charge is 0.465 e. The van der Waals surface area contributed by atoms with Gasteiger partial charge in [-0.15, -0.1) is 13.2 Å². The van der Waals surface area contributed by atoms with Crippen LogP contribution in [-0.4, -0.2) is 6.36 Å². The van der Waals surface area contributed by atoms with Crippen molar-refractivity contribution in [3.05, 3.63) is 53.5 Å². The van der Waals surface area contributed by atoms with E-state index >= 15 is 0 Å². The van der Waals surface area contributed by atoms with E-state index in [2.05, 4.69) is 10.1 Å². The van der Waals surface area contributed by atoms with Crippen LogP contribution in [0.2, 0.25) is 0 Å². The van der Waals surface area contributed by atoms with Gasteiger partial charge < -0.3 is 14.5 Å². The van der Waals surface area contributed by atoms with Crippen LogP contribution >= 0.6 is 0 Å². The van der Waals surface area contributed by atoms with Gasteiger partial charge in [0.1, 0.15) is 17.3 Å². The van der Waals surface area contributed by atoms with Crippen LogP contribution in [0.4, 0.5) is 13.2 Å². The first-order valence-corrected chi connectivity index (χ1v) is 6.03. The van der Waals surface area contributed by atoms with E-state index < -0.39 is 6.36 Å². The Hall–Kier alpha value is -1.95. The maximum atomic E-state index is 12.1. The molecule has 3 nitrogen and oxygen atoms in total. The minimum absolute atomic E-state index is 0.217. The molecule has 1 aromatic carbocycles. The fourth-order valence-electron chi connectivity index (χ4n) is 1.76. The summed E-state index contributed by atoms with van der Waals surface area (Å²) in [7, 11) is 0. The third kappa shape index (κ3) is 4.62. The highest BCUT2D eigenvalue weighted by atomic mass is 19.4. The van der Waals surface area contributed by atoms with Crippen molar-refractivity contribution in [2.75, 3.05) is 0 Å². The third-order valence-electron chi connectivity index (χ3n) is 2.56. The first kappa shape index (κ1) is 14.5. The topological polar surface area (TPSA) is 34.4 Å². The summed E-state index contributed by atoms with van der Waals surface area (Å²) in [6.45, 7) is 2.79. The van der Waals surface area contributed by atoms with Crippen LogP contribution in [-0.2, 0) is 13.1 Å².